The molecule has 0 amide bonds. The predicted octanol–water partition coefficient (Wildman–Crippen LogP) is 1.46. The van der Waals surface area contributed by atoms with Gasteiger partial charge in [-0.25, -0.2) is 0 Å². The fourth-order valence-corrected chi connectivity index (χ4v) is 0.856. The summed E-state index contributed by atoms with van der Waals surface area (Å²) in [6.07, 6.45) is 0. The molecule has 0 heterocycles. The Morgan fingerprint density at radius 1 is 1.11 bits per heavy atom. The van der Waals surface area contributed by atoms with Crippen molar-refractivity contribution >= 4 is 4.61 Å². The third kappa shape index (κ3) is 2.67. The molecule has 0 aliphatic carbocycles. The van der Waals surface area contributed by atoms with Crippen LogP contribution in [-0.4, -0.2) is 4.61 Å². The van der Waals surface area contributed by atoms with Gasteiger partial charge in [0.2, 0.25) is 0 Å². The summed E-state index contributed by atoms with van der Waals surface area (Å²) in [5.41, 5.74) is 1.25. The minimum absolute atomic E-state index is 0. The van der Waals surface area contributed by atoms with Gasteiger partial charge in [0, 0.05) is 7.43 Å². The first-order valence-corrected chi connectivity index (χ1v) is 3.41. The molecule has 0 atom stereocenters. The summed E-state index contributed by atoms with van der Waals surface area (Å²) < 4.78 is 2.01. The van der Waals surface area contributed by atoms with Crippen LogP contribution in [0.15, 0.2) is 30.3 Å². The van der Waals surface area contributed by atoms with Gasteiger partial charge in [-0.1, -0.05) is 0 Å². The Bertz CT molecular complexity index is 167. The molecule has 1 aromatic carbocycles. The summed E-state index contributed by atoms with van der Waals surface area (Å²) in [7, 11) is 0. The molecule has 46 valence electrons. The Balaban J connectivity index is 0.000000640. The molecule has 0 N–H and O–H groups in total. The molecule has 1 heteroatoms. The normalized spacial score (nSPS) is 7.67. The first-order valence-electron chi connectivity index (χ1n) is 2.40. The summed E-state index contributed by atoms with van der Waals surface area (Å²) in [5.74, 6) is 0. The van der Waals surface area contributed by atoms with Crippen LogP contribution in [0.1, 0.15) is 5.56 Å². The van der Waals surface area contributed by atoms with Crippen LogP contribution in [-0.2, 0) is 17.9 Å². The van der Waals surface area contributed by atoms with Gasteiger partial charge in [-0.2, -0.15) is 0 Å². The summed E-state index contributed by atoms with van der Waals surface area (Å²) in [6.45, 7) is 0. The van der Waals surface area contributed by atoms with Crippen LogP contribution in [0.5, 0.6) is 0 Å². The Labute approximate surface area is 66.1 Å². The SMILES string of the molecule is [C].[Ru]=[CH]c1ccccc1. The van der Waals surface area contributed by atoms with Gasteiger partial charge >= 0.3 is 58.4 Å². The van der Waals surface area contributed by atoms with Crippen LogP contribution in [0.3, 0.4) is 0 Å². The van der Waals surface area contributed by atoms with Gasteiger partial charge in [0.25, 0.3) is 0 Å². The van der Waals surface area contributed by atoms with Gasteiger partial charge in [-0.05, 0) is 0 Å². The molecule has 1 aromatic rings. The zero-order chi connectivity index (χ0) is 5.82. The maximum atomic E-state index is 2.48. The molecule has 0 aliphatic heterocycles. The quantitative estimate of drug-likeness (QED) is 0.606. The topological polar surface area (TPSA) is 0 Å². The number of hydrogen-bond donors (Lipinski definition) is 0. The van der Waals surface area contributed by atoms with Crippen molar-refractivity contribution in [1.82, 2.24) is 0 Å². The Morgan fingerprint density at radius 2 is 1.67 bits per heavy atom. The monoisotopic (exact) mass is 204 g/mol. The van der Waals surface area contributed by atoms with E-state index in [4.69, 9.17) is 0 Å². The molecule has 0 aromatic heterocycles. The van der Waals surface area contributed by atoms with Crippen molar-refractivity contribution < 1.29 is 17.9 Å². The Kier molecular flexibility index (Phi) is 4.43. The van der Waals surface area contributed by atoms with E-state index in [1.54, 1.807) is 0 Å². The third-order valence-electron chi connectivity index (χ3n) is 0.917. The molecule has 0 bridgehead atoms. The number of benzene rings is 1. The average Bonchev–Trinajstić information content (AvgIpc) is 1.90. The van der Waals surface area contributed by atoms with Gasteiger partial charge < -0.3 is 0 Å². The van der Waals surface area contributed by atoms with Crippen LogP contribution < -0.4 is 0 Å². The van der Waals surface area contributed by atoms with E-state index in [9.17, 15) is 0 Å². The molecule has 0 nitrogen and oxygen atoms in total. The molecule has 0 unspecified atom stereocenters. The zero-order valence-electron chi connectivity index (χ0n) is 4.82. The molecule has 0 aliphatic rings. The van der Waals surface area contributed by atoms with E-state index in [2.05, 4.69) is 30.0 Å². The van der Waals surface area contributed by atoms with Crippen LogP contribution in [0.25, 0.3) is 0 Å². The molecule has 0 saturated heterocycles. The standard InChI is InChI=1S/C7H6.C.Ru/c1-7-5-3-2-4-6-7;;/h1-6H;;. The van der Waals surface area contributed by atoms with Gasteiger partial charge in [0.15, 0.2) is 0 Å². The van der Waals surface area contributed by atoms with Crippen molar-refractivity contribution in [3.05, 3.63) is 43.3 Å². The second-order valence-electron chi connectivity index (χ2n) is 1.51. The Morgan fingerprint density at radius 3 is 2.00 bits per heavy atom. The summed E-state index contributed by atoms with van der Waals surface area (Å²) in [5, 5.41) is 0. The van der Waals surface area contributed by atoms with E-state index in [0.717, 1.165) is 0 Å². The number of hydrogen-bond acceptors (Lipinski definition) is 0. The van der Waals surface area contributed by atoms with Crippen molar-refractivity contribution in [3.8, 4) is 0 Å². The van der Waals surface area contributed by atoms with Crippen molar-refractivity contribution in [1.29, 1.82) is 0 Å². The van der Waals surface area contributed by atoms with Gasteiger partial charge in [0.05, 0.1) is 0 Å². The molecule has 0 fully saturated rings. The maximum absolute atomic E-state index is 2.48. The van der Waals surface area contributed by atoms with E-state index in [0.29, 0.717) is 0 Å². The summed E-state index contributed by atoms with van der Waals surface area (Å²) >= 11 is 2.48. The fourth-order valence-electron chi connectivity index (χ4n) is 0.521. The van der Waals surface area contributed by atoms with Gasteiger partial charge in [-0.15, -0.1) is 0 Å². The molecule has 1 rings (SSSR count). The number of rotatable bonds is 1. The fraction of sp³-hybridized carbons (Fsp3) is 0. The second kappa shape index (κ2) is 4.58. The molecule has 9 heavy (non-hydrogen) atoms. The van der Waals surface area contributed by atoms with E-state index in [1.807, 2.05) is 22.8 Å². The molecule has 4 radical (unpaired) electrons. The molecule has 0 spiro atoms. The Hall–Kier alpha value is -0.287. The van der Waals surface area contributed by atoms with E-state index >= 15 is 0 Å². The summed E-state index contributed by atoms with van der Waals surface area (Å²) in [4.78, 5) is 0. The van der Waals surface area contributed by atoms with Crippen LogP contribution in [0.2, 0.25) is 0 Å². The first-order chi connectivity index (χ1) is 3.93. The van der Waals surface area contributed by atoms with Crippen LogP contribution >= 0.6 is 0 Å². The van der Waals surface area contributed by atoms with Crippen molar-refractivity contribution in [2.24, 2.45) is 0 Å². The predicted molar refractivity (Wildman–Crippen MR) is 34.9 cm³/mol. The van der Waals surface area contributed by atoms with Gasteiger partial charge in [-0.3, -0.25) is 0 Å². The molecular formula is C8H6Ru. The van der Waals surface area contributed by atoms with E-state index in [-0.39, 0.29) is 7.43 Å². The molecule has 0 saturated carbocycles. The van der Waals surface area contributed by atoms with Gasteiger partial charge in [0.1, 0.15) is 0 Å². The molecular weight excluding hydrogens is 197 g/mol. The first kappa shape index (κ1) is 8.71. The van der Waals surface area contributed by atoms with E-state index in [1.165, 1.54) is 5.56 Å². The van der Waals surface area contributed by atoms with E-state index < -0.39 is 0 Å². The minimum atomic E-state index is 0. The summed E-state index contributed by atoms with van der Waals surface area (Å²) in [6, 6.07) is 10.2. The third-order valence-corrected chi connectivity index (χ3v) is 1.50. The average molecular weight is 203 g/mol. The van der Waals surface area contributed by atoms with Crippen molar-refractivity contribution in [2.75, 3.05) is 0 Å². The van der Waals surface area contributed by atoms with Crippen molar-refractivity contribution in [3.63, 3.8) is 0 Å². The van der Waals surface area contributed by atoms with Crippen LogP contribution in [0.4, 0.5) is 0 Å². The van der Waals surface area contributed by atoms with Crippen molar-refractivity contribution in [2.45, 2.75) is 0 Å². The van der Waals surface area contributed by atoms with Crippen LogP contribution in [0, 0.1) is 7.43 Å². The zero-order valence-corrected chi connectivity index (χ0v) is 6.56. The second-order valence-corrected chi connectivity index (χ2v) is 2.01.